The molecule has 1 saturated heterocycles. The Bertz CT molecular complexity index is 1110. The van der Waals surface area contributed by atoms with Gasteiger partial charge in [-0.25, -0.2) is 4.79 Å². The largest absolute Gasteiger partial charge is 0.339 e. The number of para-hydroxylation sites is 1. The van der Waals surface area contributed by atoms with Crippen LogP contribution in [0, 0.1) is 10.1 Å². The summed E-state index contributed by atoms with van der Waals surface area (Å²) >= 11 is 0. The van der Waals surface area contributed by atoms with Crippen molar-refractivity contribution in [2.45, 2.75) is 25.4 Å². The molecular weight excluding hydrogens is 412 g/mol. The van der Waals surface area contributed by atoms with Crippen LogP contribution in [-0.2, 0) is 11.3 Å². The van der Waals surface area contributed by atoms with Crippen molar-refractivity contribution in [3.8, 4) is 0 Å². The molecule has 1 N–H and O–H groups in total. The fourth-order valence-corrected chi connectivity index (χ4v) is 4.04. The molecule has 0 aromatic heterocycles. The van der Waals surface area contributed by atoms with E-state index < -0.39 is 10.7 Å². The Labute approximate surface area is 184 Å². The third kappa shape index (κ3) is 4.51. The van der Waals surface area contributed by atoms with Crippen LogP contribution in [0.3, 0.4) is 0 Å². The molecule has 164 valence electrons. The number of ketones is 1. The first kappa shape index (κ1) is 21.2. The van der Waals surface area contributed by atoms with Gasteiger partial charge in [-0.2, -0.15) is 0 Å². The predicted molar refractivity (Wildman–Crippen MR) is 117 cm³/mol. The van der Waals surface area contributed by atoms with Gasteiger partial charge in [0.15, 0.2) is 5.78 Å². The summed E-state index contributed by atoms with van der Waals surface area (Å²) in [5.74, 6) is -0.767. The number of likely N-dealkylation sites (tertiary alicyclic amines) is 1. The molecule has 0 spiro atoms. The molecule has 0 saturated carbocycles. The maximum Gasteiger partial charge on any atom is 0.322 e. The van der Waals surface area contributed by atoms with Gasteiger partial charge in [0.25, 0.3) is 5.69 Å². The minimum Gasteiger partial charge on any atom is -0.339 e. The smallest absolute Gasteiger partial charge is 0.322 e. The fourth-order valence-electron chi connectivity index (χ4n) is 4.04. The molecule has 2 aromatic carbocycles. The number of hydrogen-bond donors (Lipinski definition) is 1. The number of rotatable bonds is 5. The summed E-state index contributed by atoms with van der Waals surface area (Å²) in [7, 11) is 0. The number of benzene rings is 2. The zero-order chi connectivity index (χ0) is 22.7. The van der Waals surface area contributed by atoms with Crippen LogP contribution in [0.1, 0.15) is 28.8 Å². The number of amides is 3. The second-order valence-corrected chi connectivity index (χ2v) is 7.78. The molecular formula is C23H22N4O5. The zero-order valence-corrected chi connectivity index (χ0v) is 17.3. The molecule has 2 aromatic rings. The van der Waals surface area contributed by atoms with E-state index >= 15 is 0 Å². The number of anilines is 1. The third-order valence-electron chi connectivity index (χ3n) is 5.80. The first-order chi connectivity index (χ1) is 15.4. The molecule has 0 bridgehead atoms. The quantitative estimate of drug-likeness (QED) is 0.336. The normalized spacial score (nSPS) is 16.6. The van der Waals surface area contributed by atoms with Gasteiger partial charge in [0, 0.05) is 55.1 Å². The minimum absolute atomic E-state index is 0.0304. The van der Waals surface area contributed by atoms with Crippen molar-refractivity contribution in [2.75, 3.05) is 18.4 Å². The number of carbonyl (C=O) groups excluding carboxylic acids is 3. The standard InChI is InChI=1S/C23H22N4O5/c28-21(16-5-3-6-19(14-16)27(31)32)8-9-22(29)25-12-10-18(11-13-25)26-15-17-4-1-2-7-20(17)24-23(26)30/h1-9,14,18H,10-13,15H2,(H,24,30). The topological polar surface area (TPSA) is 113 Å². The monoisotopic (exact) mass is 434 g/mol. The highest BCUT2D eigenvalue weighted by Crippen LogP contribution is 2.27. The maximum absolute atomic E-state index is 12.5. The number of nitro benzene ring substituents is 1. The number of hydrogen-bond acceptors (Lipinski definition) is 5. The molecule has 0 unspecified atom stereocenters. The molecule has 2 aliphatic rings. The lowest BCUT2D eigenvalue weighted by molar-refractivity contribution is -0.384. The van der Waals surface area contributed by atoms with E-state index in [9.17, 15) is 24.5 Å². The van der Waals surface area contributed by atoms with Gasteiger partial charge >= 0.3 is 6.03 Å². The van der Waals surface area contributed by atoms with Crippen LogP contribution in [0.25, 0.3) is 0 Å². The van der Waals surface area contributed by atoms with Crippen molar-refractivity contribution in [1.29, 1.82) is 0 Å². The van der Waals surface area contributed by atoms with E-state index in [1.807, 2.05) is 29.2 Å². The van der Waals surface area contributed by atoms with Gasteiger partial charge in [-0.05, 0) is 30.5 Å². The van der Waals surface area contributed by atoms with Gasteiger partial charge in [-0.3, -0.25) is 19.7 Å². The van der Waals surface area contributed by atoms with E-state index in [1.165, 1.54) is 30.3 Å². The van der Waals surface area contributed by atoms with Crippen molar-refractivity contribution in [3.63, 3.8) is 0 Å². The number of fused-ring (bicyclic) bond motifs is 1. The van der Waals surface area contributed by atoms with Gasteiger partial charge in [0.2, 0.25) is 5.91 Å². The van der Waals surface area contributed by atoms with Gasteiger partial charge in [0.05, 0.1) is 4.92 Å². The lowest BCUT2D eigenvalue weighted by atomic mass is 10.0. The van der Waals surface area contributed by atoms with Crippen LogP contribution >= 0.6 is 0 Å². The number of carbonyl (C=O) groups is 3. The summed E-state index contributed by atoms with van der Waals surface area (Å²) in [5, 5.41) is 13.8. The number of piperidine rings is 1. The van der Waals surface area contributed by atoms with Crippen molar-refractivity contribution in [1.82, 2.24) is 9.80 Å². The first-order valence-corrected chi connectivity index (χ1v) is 10.3. The number of nitrogens with one attached hydrogen (secondary N) is 1. The summed E-state index contributed by atoms with van der Waals surface area (Å²) in [6.07, 6.45) is 3.63. The molecule has 2 heterocycles. The van der Waals surface area contributed by atoms with Crippen LogP contribution < -0.4 is 5.32 Å². The Balaban J connectivity index is 1.33. The second-order valence-electron chi connectivity index (χ2n) is 7.78. The molecule has 9 heteroatoms. The highest BCUT2D eigenvalue weighted by atomic mass is 16.6. The summed E-state index contributed by atoms with van der Waals surface area (Å²) in [5.41, 5.74) is 1.87. The van der Waals surface area contributed by atoms with E-state index in [4.69, 9.17) is 0 Å². The van der Waals surface area contributed by atoms with Crippen LogP contribution in [0.2, 0.25) is 0 Å². The van der Waals surface area contributed by atoms with Crippen LogP contribution in [-0.4, -0.2) is 51.6 Å². The average Bonchev–Trinajstić information content (AvgIpc) is 2.82. The number of urea groups is 1. The van der Waals surface area contributed by atoms with Gasteiger partial charge in [-0.1, -0.05) is 30.3 Å². The minimum atomic E-state index is -0.572. The van der Waals surface area contributed by atoms with Crippen molar-refractivity contribution < 1.29 is 19.3 Å². The summed E-state index contributed by atoms with van der Waals surface area (Å²) in [4.78, 5) is 51.0. The highest BCUT2D eigenvalue weighted by Gasteiger charge is 2.32. The molecule has 0 radical (unpaired) electrons. The van der Waals surface area contributed by atoms with Gasteiger partial charge in [-0.15, -0.1) is 0 Å². The number of nitro groups is 1. The van der Waals surface area contributed by atoms with E-state index in [-0.39, 0.29) is 29.2 Å². The highest BCUT2D eigenvalue weighted by molar-refractivity contribution is 6.07. The average molecular weight is 434 g/mol. The van der Waals surface area contributed by atoms with Crippen molar-refractivity contribution >= 4 is 29.1 Å². The Morgan fingerprint density at radius 2 is 1.81 bits per heavy atom. The van der Waals surface area contributed by atoms with E-state index in [0.717, 1.165) is 17.3 Å². The summed E-state index contributed by atoms with van der Waals surface area (Å²) < 4.78 is 0. The number of nitrogens with zero attached hydrogens (tertiary/aromatic N) is 3. The Kier molecular flexibility index (Phi) is 5.98. The van der Waals surface area contributed by atoms with Gasteiger partial charge < -0.3 is 15.1 Å². The molecule has 4 rings (SSSR count). The van der Waals surface area contributed by atoms with Crippen LogP contribution in [0.4, 0.5) is 16.2 Å². The maximum atomic E-state index is 12.5. The molecule has 3 amide bonds. The van der Waals surface area contributed by atoms with Crippen molar-refractivity contribution in [3.05, 3.63) is 81.9 Å². The third-order valence-corrected chi connectivity index (χ3v) is 5.80. The Morgan fingerprint density at radius 1 is 1.06 bits per heavy atom. The summed E-state index contributed by atoms with van der Waals surface area (Å²) in [6, 6.07) is 13.0. The molecule has 0 aliphatic carbocycles. The molecule has 2 aliphatic heterocycles. The zero-order valence-electron chi connectivity index (χ0n) is 17.3. The lowest BCUT2D eigenvalue weighted by Gasteiger charge is -2.40. The predicted octanol–water partition coefficient (Wildman–Crippen LogP) is 3.37. The lowest BCUT2D eigenvalue weighted by Crippen LogP contribution is -2.50. The van der Waals surface area contributed by atoms with Crippen LogP contribution in [0.5, 0.6) is 0 Å². The Morgan fingerprint density at radius 3 is 2.56 bits per heavy atom. The number of allylic oxidation sites excluding steroid dienone is 1. The van der Waals surface area contributed by atoms with E-state index in [0.29, 0.717) is 32.5 Å². The van der Waals surface area contributed by atoms with Crippen LogP contribution in [0.15, 0.2) is 60.7 Å². The SMILES string of the molecule is O=C(C=CC(=O)N1CCC(N2Cc3ccccc3NC2=O)CC1)c1cccc([N+](=O)[O-])c1. The first-order valence-electron chi connectivity index (χ1n) is 10.3. The van der Waals surface area contributed by atoms with E-state index in [2.05, 4.69) is 5.32 Å². The number of non-ortho nitro benzene ring substituents is 1. The van der Waals surface area contributed by atoms with E-state index in [1.54, 1.807) is 4.90 Å². The van der Waals surface area contributed by atoms with Gasteiger partial charge in [0.1, 0.15) is 0 Å². The fraction of sp³-hybridized carbons (Fsp3) is 0.261. The summed E-state index contributed by atoms with van der Waals surface area (Å²) in [6.45, 7) is 1.49. The van der Waals surface area contributed by atoms with Crippen molar-refractivity contribution in [2.24, 2.45) is 0 Å². The molecule has 0 atom stereocenters. The molecule has 32 heavy (non-hydrogen) atoms. The molecule has 9 nitrogen and oxygen atoms in total. The second kappa shape index (κ2) is 9.01. The Hall–Kier alpha value is -4.01. The molecule has 1 fully saturated rings.